The molecule has 0 saturated heterocycles. The van der Waals surface area contributed by atoms with Crippen LogP contribution in [0.2, 0.25) is 0 Å². The lowest BCUT2D eigenvalue weighted by atomic mass is 9.95. The number of anilines is 1. The summed E-state index contributed by atoms with van der Waals surface area (Å²) in [5, 5.41) is 7.47. The van der Waals surface area contributed by atoms with Gasteiger partial charge in [0.15, 0.2) is 5.11 Å². The Morgan fingerprint density at radius 2 is 1.50 bits per heavy atom. The van der Waals surface area contributed by atoms with E-state index in [2.05, 4.69) is 98.1 Å². The Morgan fingerprint density at radius 3 is 2.19 bits per heavy atom. The molecule has 0 aromatic heterocycles. The van der Waals surface area contributed by atoms with Crippen molar-refractivity contribution in [2.45, 2.75) is 26.8 Å². The van der Waals surface area contributed by atoms with Crippen LogP contribution in [0.25, 0.3) is 0 Å². The van der Waals surface area contributed by atoms with E-state index < -0.39 is 0 Å². The van der Waals surface area contributed by atoms with Gasteiger partial charge in [-0.25, -0.2) is 0 Å². The Hall–Kier alpha value is -2.65. The summed E-state index contributed by atoms with van der Waals surface area (Å²) >= 11 is 5.63. The first-order valence-corrected chi connectivity index (χ1v) is 9.20. The normalized spacial score (nSPS) is 11.7. The van der Waals surface area contributed by atoms with Crippen LogP contribution in [-0.2, 0) is 0 Å². The van der Waals surface area contributed by atoms with Gasteiger partial charge in [-0.1, -0.05) is 72.3 Å². The summed E-state index contributed by atoms with van der Waals surface area (Å²) in [5.74, 6) is 0. The second-order valence-electron chi connectivity index (χ2n) is 6.62. The average molecular weight is 361 g/mol. The smallest absolute Gasteiger partial charge is 0.171 e. The van der Waals surface area contributed by atoms with Crippen LogP contribution < -0.4 is 10.6 Å². The van der Waals surface area contributed by atoms with Gasteiger partial charge in [0.1, 0.15) is 0 Å². The minimum atomic E-state index is 0.00292. The van der Waals surface area contributed by atoms with Crippen LogP contribution in [-0.4, -0.2) is 5.11 Å². The molecule has 2 nitrogen and oxygen atoms in total. The number of aryl methyl sites for hydroxylation is 3. The summed E-state index contributed by atoms with van der Waals surface area (Å²) in [5.41, 5.74) is 7.11. The van der Waals surface area contributed by atoms with E-state index in [0.29, 0.717) is 5.11 Å². The van der Waals surface area contributed by atoms with Gasteiger partial charge in [0.05, 0.1) is 6.04 Å². The number of nitrogens with one attached hydrogen (secondary N) is 2. The molecule has 0 fully saturated rings. The molecule has 2 N–H and O–H groups in total. The van der Waals surface area contributed by atoms with Gasteiger partial charge in [-0.05, 0) is 61.3 Å². The first kappa shape index (κ1) is 18.2. The standard InChI is InChI=1S/C23H24N2S/c1-16-13-14-21(18(3)15-16)24-23(26)25-22(19-10-5-4-6-11-19)20-12-8-7-9-17(20)2/h4-15,22H,1-3H3,(H2,24,25,26)/t22-/m1/s1. The van der Waals surface area contributed by atoms with Crippen molar-refractivity contribution >= 4 is 23.0 Å². The molecular weight excluding hydrogens is 336 g/mol. The van der Waals surface area contributed by atoms with Gasteiger partial charge in [-0.15, -0.1) is 0 Å². The number of hydrogen-bond acceptors (Lipinski definition) is 1. The van der Waals surface area contributed by atoms with Crippen LogP contribution in [0.5, 0.6) is 0 Å². The lowest BCUT2D eigenvalue weighted by Crippen LogP contribution is -2.33. The fraction of sp³-hybridized carbons (Fsp3) is 0.174. The molecule has 3 heteroatoms. The van der Waals surface area contributed by atoms with Gasteiger partial charge < -0.3 is 10.6 Å². The van der Waals surface area contributed by atoms with Crippen molar-refractivity contribution in [3.05, 3.63) is 101 Å². The second kappa shape index (κ2) is 8.15. The zero-order valence-electron chi connectivity index (χ0n) is 15.4. The number of thiocarbonyl (C=S) groups is 1. The Morgan fingerprint density at radius 1 is 0.808 bits per heavy atom. The quantitative estimate of drug-likeness (QED) is 0.585. The van der Waals surface area contributed by atoms with Gasteiger partial charge in [0.25, 0.3) is 0 Å². The van der Waals surface area contributed by atoms with E-state index in [9.17, 15) is 0 Å². The van der Waals surface area contributed by atoms with E-state index in [1.807, 2.05) is 6.07 Å². The fourth-order valence-electron chi connectivity index (χ4n) is 3.14. The molecule has 26 heavy (non-hydrogen) atoms. The maximum absolute atomic E-state index is 5.63. The summed E-state index contributed by atoms with van der Waals surface area (Å²) < 4.78 is 0. The van der Waals surface area contributed by atoms with E-state index in [-0.39, 0.29) is 6.04 Å². The summed E-state index contributed by atoms with van der Waals surface area (Å²) in [6, 6.07) is 25.1. The zero-order chi connectivity index (χ0) is 18.5. The molecule has 3 aromatic carbocycles. The SMILES string of the molecule is Cc1ccc(NC(=S)N[C@H](c2ccccc2)c2ccccc2C)c(C)c1. The van der Waals surface area contributed by atoms with Crippen molar-refractivity contribution in [1.29, 1.82) is 0 Å². The van der Waals surface area contributed by atoms with Crippen LogP contribution in [0.4, 0.5) is 5.69 Å². The highest BCUT2D eigenvalue weighted by Gasteiger charge is 2.17. The fourth-order valence-corrected chi connectivity index (χ4v) is 3.37. The first-order chi connectivity index (χ1) is 12.5. The highest BCUT2D eigenvalue weighted by molar-refractivity contribution is 7.80. The lowest BCUT2D eigenvalue weighted by Gasteiger charge is -2.24. The van der Waals surface area contributed by atoms with Crippen LogP contribution in [0.1, 0.15) is 33.9 Å². The molecule has 0 aliphatic rings. The van der Waals surface area contributed by atoms with Crippen LogP contribution in [0, 0.1) is 20.8 Å². The van der Waals surface area contributed by atoms with E-state index in [0.717, 1.165) is 5.69 Å². The predicted molar refractivity (Wildman–Crippen MR) is 115 cm³/mol. The molecule has 0 amide bonds. The molecule has 0 saturated carbocycles. The number of benzene rings is 3. The first-order valence-electron chi connectivity index (χ1n) is 8.80. The Labute approximate surface area is 161 Å². The molecular formula is C23H24N2S. The third-order valence-corrected chi connectivity index (χ3v) is 4.76. The van der Waals surface area contributed by atoms with E-state index >= 15 is 0 Å². The maximum Gasteiger partial charge on any atom is 0.171 e. The summed E-state index contributed by atoms with van der Waals surface area (Å²) in [4.78, 5) is 0. The average Bonchev–Trinajstić information content (AvgIpc) is 2.63. The van der Waals surface area contributed by atoms with Crippen molar-refractivity contribution in [1.82, 2.24) is 5.32 Å². The maximum atomic E-state index is 5.63. The third-order valence-electron chi connectivity index (χ3n) is 4.54. The summed E-state index contributed by atoms with van der Waals surface area (Å²) in [6.45, 7) is 6.32. The third kappa shape index (κ3) is 4.30. The molecule has 3 rings (SSSR count). The van der Waals surface area contributed by atoms with Gasteiger partial charge in [0, 0.05) is 5.69 Å². The van der Waals surface area contributed by atoms with Crippen LogP contribution in [0.15, 0.2) is 72.8 Å². The Balaban J connectivity index is 1.86. The minimum absolute atomic E-state index is 0.00292. The highest BCUT2D eigenvalue weighted by Crippen LogP contribution is 2.25. The van der Waals surface area contributed by atoms with E-state index in [4.69, 9.17) is 12.2 Å². The second-order valence-corrected chi connectivity index (χ2v) is 7.03. The van der Waals surface area contributed by atoms with Gasteiger partial charge >= 0.3 is 0 Å². The van der Waals surface area contributed by atoms with Gasteiger partial charge in [-0.2, -0.15) is 0 Å². The topological polar surface area (TPSA) is 24.1 Å². The number of rotatable bonds is 4. The molecule has 0 spiro atoms. The van der Waals surface area contributed by atoms with E-state index in [1.54, 1.807) is 0 Å². The van der Waals surface area contributed by atoms with Gasteiger partial charge in [0.2, 0.25) is 0 Å². The monoisotopic (exact) mass is 360 g/mol. The molecule has 3 aromatic rings. The van der Waals surface area contributed by atoms with Crippen molar-refractivity contribution < 1.29 is 0 Å². The lowest BCUT2D eigenvalue weighted by molar-refractivity contribution is 0.762. The molecule has 0 bridgehead atoms. The number of hydrogen-bond donors (Lipinski definition) is 2. The summed E-state index contributed by atoms with van der Waals surface area (Å²) in [6.07, 6.45) is 0. The predicted octanol–water partition coefficient (Wildman–Crippen LogP) is 5.69. The van der Waals surface area contributed by atoms with Crippen molar-refractivity contribution in [3.63, 3.8) is 0 Å². The largest absolute Gasteiger partial charge is 0.352 e. The van der Waals surface area contributed by atoms with Crippen LogP contribution >= 0.6 is 12.2 Å². The summed E-state index contributed by atoms with van der Waals surface area (Å²) in [7, 11) is 0. The zero-order valence-corrected chi connectivity index (χ0v) is 16.2. The van der Waals surface area contributed by atoms with Crippen molar-refractivity contribution in [2.24, 2.45) is 0 Å². The van der Waals surface area contributed by atoms with Crippen molar-refractivity contribution in [3.8, 4) is 0 Å². The molecule has 0 heterocycles. The molecule has 132 valence electrons. The van der Waals surface area contributed by atoms with E-state index in [1.165, 1.54) is 27.8 Å². The molecule has 0 aliphatic carbocycles. The molecule has 1 atom stereocenters. The van der Waals surface area contributed by atoms with Crippen molar-refractivity contribution in [2.75, 3.05) is 5.32 Å². The molecule has 0 unspecified atom stereocenters. The highest BCUT2D eigenvalue weighted by atomic mass is 32.1. The molecule has 0 aliphatic heterocycles. The Bertz CT molecular complexity index is 903. The molecule has 0 radical (unpaired) electrons. The van der Waals surface area contributed by atoms with Crippen LogP contribution in [0.3, 0.4) is 0 Å². The van der Waals surface area contributed by atoms with Gasteiger partial charge in [-0.3, -0.25) is 0 Å². The Kier molecular flexibility index (Phi) is 5.69. The minimum Gasteiger partial charge on any atom is -0.352 e.